The van der Waals surface area contributed by atoms with Crippen molar-refractivity contribution in [3.63, 3.8) is 0 Å². The Labute approximate surface area is 87.1 Å². The summed E-state index contributed by atoms with van der Waals surface area (Å²) >= 11 is 0. The molecule has 0 aliphatic rings. The van der Waals surface area contributed by atoms with Gasteiger partial charge in [-0.15, -0.1) is 0 Å². The second kappa shape index (κ2) is 17.9. The van der Waals surface area contributed by atoms with Crippen LogP contribution in [-0.2, 0) is 0 Å². The largest absolute Gasteiger partial charge is 0.0683 e. The van der Waals surface area contributed by atoms with Crippen LogP contribution < -0.4 is 0 Å². The molecule has 0 rings (SSSR count). The maximum absolute atomic E-state index is 2.28. The lowest BCUT2D eigenvalue weighted by molar-refractivity contribution is 0.476. The van der Waals surface area contributed by atoms with Crippen LogP contribution in [0.15, 0.2) is 0 Å². The second-order valence-corrected chi connectivity index (χ2v) is 4.07. The van der Waals surface area contributed by atoms with Gasteiger partial charge in [-0.25, -0.2) is 0 Å². The highest BCUT2D eigenvalue weighted by molar-refractivity contribution is 4.48. The van der Waals surface area contributed by atoms with E-state index < -0.39 is 0 Å². The van der Waals surface area contributed by atoms with Crippen LogP contribution in [0.25, 0.3) is 0 Å². The fraction of sp³-hybridized carbons (Fsp3) is 1.00. The first-order valence-electron chi connectivity index (χ1n) is 6.04. The van der Waals surface area contributed by atoms with Crippen LogP contribution in [0, 0.1) is 11.8 Å². The fourth-order valence-corrected chi connectivity index (χ4v) is 0.667. The van der Waals surface area contributed by atoms with Gasteiger partial charge in [0.2, 0.25) is 0 Å². The normalized spacial score (nSPS) is 8.77. The smallest absolute Gasteiger partial charge is 0.0471 e. The average Bonchev–Trinajstić information content (AvgIpc) is 2.06. The van der Waals surface area contributed by atoms with Crippen LogP contribution in [0.3, 0.4) is 0 Å². The predicted molar refractivity (Wildman–Crippen MR) is 66.2 cm³/mol. The zero-order chi connectivity index (χ0) is 11.3. The zero-order valence-electron chi connectivity index (χ0n) is 11.3. The van der Waals surface area contributed by atoms with Gasteiger partial charge in [0.15, 0.2) is 0 Å². The van der Waals surface area contributed by atoms with Gasteiger partial charge in [0.05, 0.1) is 0 Å². The Hall–Kier alpha value is 0. The van der Waals surface area contributed by atoms with Crippen LogP contribution in [0.1, 0.15) is 74.7 Å². The highest BCUT2D eigenvalue weighted by Crippen LogP contribution is 2.09. The molecule has 0 saturated carbocycles. The van der Waals surface area contributed by atoms with Gasteiger partial charge >= 0.3 is 0 Å². The molecule has 0 spiro atoms. The molecule has 0 heterocycles. The monoisotopic (exact) mass is 188 g/mol. The predicted octanol–water partition coefficient (Wildman–Crippen LogP) is 5.52. The van der Waals surface area contributed by atoms with Crippen LogP contribution >= 0.6 is 0 Å². The first kappa shape index (κ1) is 18.7. The lowest BCUT2D eigenvalue weighted by Gasteiger charge is -2.05. The summed E-state index contributed by atoms with van der Waals surface area (Å²) in [6, 6.07) is 0. The van der Waals surface area contributed by atoms with Crippen molar-refractivity contribution in [2.24, 2.45) is 11.8 Å². The molecule has 0 amide bonds. The minimum absolute atomic E-state index is 0.886. The van der Waals surface area contributed by atoms with Crippen molar-refractivity contribution in [2.75, 3.05) is 0 Å². The molecule has 0 aromatic carbocycles. The molecule has 0 aliphatic heterocycles. The Morgan fingerprint density at radius 1 is 0.692 bits per heavy atom. The van der Waals surface area contributed by atoms with E-state index in [2.05, 4.69) is 41.5 Å². The van der Waals surface area contributed by atoms with E-state index in [1.54, 1.807) is 0 Å². The molecule has 0 saturated heterocycles. The standard InChI is InChI=1S/C8H18.C3H8.C2H6/c1-7(2)5-6-8(3)4;1-3-2;1-2/h7-8H,5-6H2,1-4H3;3H2,1-2H3;1-2H3. The van der Waals surface area contributed by atoms with Crippen molar-refractivity contribution in [1.29, 1.82) is 0 Å². The van der Waals surface area contributed by atoms with E-state index >= 15 is 0 Å². The van der Waals surface area contributed by atoms with Gasteiger partial charge in [0, 0.05) is 0 Å². The Balaban J connectivity index is -0.000000169. The van der Waals surface area contributed by atoms with Crippen LogP contribution in [0.4, 0.5) is 0 Å². The lowest BCUT2D eigenvalue weighted by Crippen LogP contribution is -1.91. The Kier molecular flexibility index (Phi) is 25.8. The third-order valence-electron chi connectivity index (χ3n) is 1.32. The van der Waals surface area contributed by atoms with E-state index in [-0.39, 0.29) is 0 Å². The number of hydrogen-bond acceptors (Lipinski definition) is 0. The topological polar surface area (TPSA) is 0 Å². The van der Waals surface area contributed by atoms with Gasteiger partial charge in [0.1, 0.15) is 0 Å². The minimum atomic E-state index is 0.886. The summed E-state index contributed by atoms with van der Waals surface area (Å²) in [6.07, 6.45) is 4.02. The van der Waals surface area contributed by atoms with Crippen LogP contribution in [0.5, 0.6) is 0 Å². The van der Waals surface area contributed by atoms with Crippen molar-refractivity contribution >= 4 is 0 Å². The van der Waals surface area contributed by atoms with Gasteiger partial charge in [-0.2, -0.15) is 0 Å². The first-order valence-corrected chi connectivity index (χ1v) is 6.04. The van der Waals surface area contributed by atoms with Gasteiger partial charge in [0.25, 0.3) is 0 Å². The maximum atomic E-state index is 2.28. The van der Waals surface area contributed by atoms with E-state index in [0.29, 0.717) is 0 Å². The highest BCUT2D eigenvalue weighted by Gasteiger charge is 1.95. The van der Waals surface area contributed by atoms with Crippen LogP contribution in [-0.4, -0.2) is 0 Å². The SMILES string of the molecule is CC.CC(C)CCC(C)C.CCC. The molecule has 0 unspecified atom stereocenters. The van der Waals surface area contributed by atoms with Crippen molar-refractivity contribution in [3.05, 3.63) is 0 Å². The Morgan fingerprint density at radius 3 is 0.923 bits per heavy atom. The summed E-state index contributed by atoms with van der Waals surface area (Å²) in [5.74, 6) is 1.77. The van der Waals surface area contributed by atoms with E-state index in [1.807, 2.05) is 13.8 Å². The van der Waals surface area contributed by atoms with Gasteiger partial charge in [-0.05, 0) is 11.8 Å². The maximum Gasteiger partial charge on any atom is -0.0471 e. The van der Waals surface area contributed by atoms with Crippen LogP contribution in [0.2, 0.25) is 0 Å². The molecule has 84 valence electrons. The summed E-state index contributed by atoms with van der Waals surface area (Å²) in [4.78, 5) is 0. The minimum Gasteiger partial charge on any atom is -0.0683 e. The molecule has 0 aliphatic carbocycles. The second-order valence-electron chi connectivity index (χ2n) is 4.07. The summed E-state index contributed by atoms with van der Waals surface area (Å²) in [7, 11) is 0. The molecule has 0 atom stereocenters. The van der Waals surface area contributed by atoms with Crippen molar-refractivity contribution in [3.8, 4) is 0 Å². The van der Waals surface area contributed by atoms with Gasteiger partial charge < -0.3 is 0 Å². The lowest BCUT2D eigenvalue weighted by atomic mass is 10.0. The molecule has 0 heteroatoms. The summed E-state index contributed by atoms with van der Waals surface area (Å²) in [5.41, 5.74) is 0. The molecule has 0 bridgehead atoms. The summed E-state index contributed by atoms with van der Waals surface area (Å²) < 4.78 is 0. The fourth-order valence-electron chi connectivity index (χ4n) is 0.667. The quantitative estimate of drug-likeness (QED) is 0.547. The third-order valence-corrected chi connectivity index (χ3v) is 1.32. The molecule has 0 nitrogen and oxygen atoms in total. The van der Waals surface area contributed by atoms with E-state index in [0.717, 1.165) is 11.8 Å². The average molecular weight is 188 g/mol. The molecule has 13 heavy (non-hydrogen) atoms. The van der Waals surface area contributed by atoms with Gasteiger partial charge in [-0.3, -0.25) is 0 Å². The first-order chi connectivity index (χ1) is 6.04. The van der Waals surface area contributed by atoms with Crippen molar-refractivity contribution < 1.29 is 0 Å². The molecule has 0 fully saturated rings. The molecular weight excluding hydrogens is 156 g/mol. The van der Waals surface area contributed by atoms with Crippen molar-refractivity contribution in [2.45, 2.75) is 74.7 Å². The zero-order valence-corrected chi connectivity index (χ0v) is 11.3. The van der Waals surface area contributed by atoms with E-state index in [1.165, 1.54) is 19.3 Å². The molecular formula is C13H32. The van der Waals surface area contributed by atoms with E-state index in [9.17, 15) is 0 Å². The summed E-state index contributed by atoms with van der Waals surface area (Å²) in [6.45, 7) is 17.4. The third kappa shape index (κ3) is 48.0. The Bertz CT molecular complexity index is 45.1. The highest BCUT2D eigenvalue weighted by atomic mass is 14.0. The molecule has 0 aromatic rings. The molecule has 0 aromatic heterocycles. The Morgan fingerprint density at radius 2 is 0.846 bits per heavy atom. The number of rotatable bonds is 3. The van der Waals surface area contributed by atoms with E-state index in [4.69, 9.17) is 0 Å². The van der Waals surface area contributed by atoms with Gasteiger partial charge in [-0.1, -0.05) is 74.7 Å². The summed E-state index contributed by atoms with van der Waals surface area (Å²) in [5, 5.41) is 0. The molecule has 0 radical (unpaired) electrons. The number of hydrogen-bond donors (Lipinski definition) is 0. The van der Waals surface area contributed by atoms with Crippen molar-refractivity contribution in [1.82, 2.24) is 0 Å². The molecule has 0 N–H and O–H groups in total.